The summed E-state index contributed by atoms with van der Waals surface area (Å²) in [5.74, 6) is -0.855. The lowest BCUT2D eigenvalue weighted by Gasteiger charge is -2.14. The van der Waals surface area contributed by atoms with E-state index in [0.29, 0.717) is 5.69 Å². The number of hydrogen-bond acceptors (Lipinski definition) is 5. The highest BCUT2D eigenvalue weighted by Gasteiger charge is 2.32. The Morgan fingerprint density at radius 2 is 1.85 bits per heavy atom. The molecule has 3 rings (SSSR count). The van der Waals surface area contributed by atoms with Gasteiger partial charge in [-0.3, -0.25) is 4.79 Å². The zero-order valence-electron chi connectivity index (χ0n) is 13.1. The lowest BCUT2D eigenvalue weighted by molar-refractivity contribution is -0.274. The molecular formula is C16H12F3N5O2. The molecule has 0 aliphatic rings. The van der Waals surface area contributed by atoms with Crippen molar-refractivity contribution in [1.29, 1.82) is 0 Å². The first-order chi connectivity index (χ1) is 12.4. The number of carbonyl (C=O) groups is 1. The molecule has 0 aliphatic carbocycles. The first-order valence-electron chi connectivity index (χ1n) is 7.38. The van der Waals surface area contributed by atoms with E-state index in [9.17, 15) is 18.0 Å². The van der Waals surface area contributed by atoms with Gasteiger partial charge in [0.2, 0.25) is 0 Å². The average molecular weight is 363 g/mol. The van der Waals surface area contributed by atoms with Crippen LogP contribution in [0.5, 0.6) is 5.75 Å². The van der Waals surface area contributed by atoms with Crippen LogP contribution in [0.3, 0.4) is 0 Å². The number of carbonyl (C=O) groups excluding carboxylic acids is 1. The summed E-state index contributed by atoms with van der Waals surface area (Å²) >= 11 is 0. The van der Waals surface area contributed by atoms with Crippen LogP contribution in [0.2, 0.25) is 0 Å². The van der Waals surface area contributed by atoms with Crippen molar-refractivity contribution in [2.45, 2.75) is 12.9 Å². The van der Waals surface area contributed by atoms with E-state index in [1.807, 2.05) is 0 Å². The van der Waals surface area contributed by atoms with Crippen molar-refractivity contribution in [3.05, 3.63) is 66.0 Å². The number of aromatic nitrogens is 4. The van der Waals surface area contributed by atoms with Crippen LogP contribution in [0.15, 0.2) is 54.9 Å². The quantitative estimate of drug-likeness (QED) is 0.753. The van der Waals surface area contributed by atoms with Gasteiger partial charge in [0.05, 0.1) is 11.3 Å². The maximum Gasteiger partial charge on any atom is 0.573 e. The van der Waals surface area contributed by atoms with Crippen molar-refractivity contribution in [3.63, 3.8) is 0 Å². The fourth-order valence-electron chi connectivity index (χ4n) is 2.28. The van der Waals surface area contributed by atoms with Crippen LogP contribution < -0.4 is 10.1 Å². The monoisotopic (exact) mass is 363 g/mol. The highest BCUT2D eigenvalue weighted by atomic mass is 19.4. The molecule has 0 aliphatic heterocycles. The Morgan fingerprint density at radius 1 is 1.12 bits per heavy atom. The highest BCUT2D eigenvalue weighted by Crippen LogP contribution is 2.26. The van der Waals surface area contributed by atoms with Crippen molar-refractivity contribution >= 4 is 5.91 Å². The van der Waals surface area contributed by atoms with E-state index in [4.69, 9.17) is 0 Å². The number of rotatable bonds is 5. The molecule has 7 nitrogen and oxygen atoms in total. The normalized spacial score (nSPS) is 11.2. The number of tetrazole rings is 1. The number of benzene rings is 2. The van der Waals surface area contributed by atoms with Gasteiger partial charge in [0.1, 0.15) is 12.1 Å². The predicted molar refractivity (Wildman–Crippen MR) is 83.4 cm³/mol. The van der Waals surface area contributed by atoms with Gasteiger partial charge in [-0.25, -0.2) is 0 Å². The largest absolute Gasteiger partial charge is 0.573 e. The lowest BCUT2D eigenvalue weighted by Crippen LogP contribution is -2.25. The zero-order valence-corrected chi connectivity index (χ0v) is 13.1. The zero-order chi connectivity index (χ0) is 18.6. The first kappa shape index (κ1) is 17.4. The summed E-state index contributed by atoms with van der Waals surface area (Å²) in [6.45, 7) is -0.144. The number of nitrogens with one attached hydrogen (secondary N) is 1. The summed E-state index contributed by atoms with van der Waals surface area (Å²) in [6.07, 6.45) is -3.48. The second-order valence-corrected chi connectivity index (χ2v) is 5.11. The highest BCUT2D eigenvalue weighted by molar-refractivity contribution is 5.97. The number of nitrogens with zero attached hydrogens (tertiary/aromatic N) is 4. The molecule has 3 aromatic rings. The van der Waals surface area contributed by atoms with E-state index in [1.165, 1.54) is 29.2 Å². The van der Waals surface area contributed by atoms with E-state index in [0.717, 1.165) is 0 Å². The van der Waals surface area contributed by atoms with Gasteiger partial charge in [-0.15, -0.1) is 18.3 Å². The number of amides is 1. The minimum absolute atomic E-state index is 0.144. The van der Waals surface area contributed by atoms with Crippen molar-refractivity contribution in [1.82, 2.24) is 25.5 Å². The minimum Gasteiger partial charge on any atom is -0.405 e. The average Bonchev–Trinajstić information content (AvgIpc) is 3.14. The van der Waals surface area contributed by atoms with E-state index < -0.39 is 12.3 Å². The minimum atomic E-state index is -4.81. The molecular weight excluding hydrogens is 351 g/mol. The van der Waals surface area contributed by atoms with Gasteiger partial charge in [-0.1, -0.05) is 30.3 Å². The van der Waals surface area contributed by atoms with Gasteiger partial charge in [-0.05, 0) is 28.6 Å². The molecule has 0 atom stereocenters. The number of para-hydroxylation sites is 2. The molecule has 10 heteroatoms. The van der Waals surface area contributed by atoms with E-state index >= 15 is 0 Å². The Hall–Kier alpha value is -3.43. The van der Waals surface area contributed by atoms with Crippen molar-refractivity contribution in [3.8, 4) is 11.4 Å². The molecule has 0 bridgehead atoms. The summed E-state index contributed by atoms with van der Waals surface area (Å²) in [5, 5.41) is 13.3. The third-order valence-corrected chi connectivity index (χ3v) is 3.38. The molecule has 1 N–H and O–H groups in total. The number of hydrogen-bond donors (Lipinski definition) is 1. The Kier molecular flexibility index (Phi) is 4.83. The molecule has 1 heterocycles. The molecule has 0 saturated carbocycles. The second-order valence-electron chi connectivity index (χ2n) is 5.11. The van der Waals surface area contributed by atoms with Gasteiger partial charge in [0, 0.05) is 12.1 Å². The Bertz CT molecular complexity index is 897. The summed E-state index contributed by atoms with van der Waals surface area (Å²) in [6, 6.07) is 12.2. The molecule has 0 unspecified atom stereocenters. The molecule has 0 spiro atoms. The fourth-order valence-corrected chi connectivity index (χ4v) is 2.28. The predicted octanol–water partition coefficient (Wildman–Crippen LogP) is 2.49. The first-order valence-corrected chi connectivity index (χ1v) is 7.38. The smallest absolute Gasteiger partial charge is 0.405 e. The van der Waals surface area contributed by atoms with Crippen molar-refractivity contribution < 1.29 is 22.7 Å². The summed E-state index contributed by atoms with van der Waals surface area (Å²) < 4.78 is 42.7. The van der Waals surface area contributed by atoms with Gasteiger partial charge < -0.3 is 10.1 Å². The SMILES string of the molecule is O=C(NCc1ccccc1OC(F)(F)F)c1ccccc1-n1cnnn1. The van der Waals surface area contributed by atoms with Crippen LogP contribution in [0.4, 0.5) is 13.2 Å². The van der Waals surface area contributed by atoms with Crippen molar-refractivity contribution in [2.75, 3.05) is 0 Å². The lowest BCUT2D eigenvalue weighted by atomic mass is 10.1. The molecule has 2 aromatic carbocycles. The maximum absolute atomic E-state index is 12.5. The molecule has 1 amide bonds. The summed E-state index contributed by atoms with van der Waals surface area (Å²) in [7, 11) is 0. The summed E-state index contributed by atoms with van der Waals surface area (Å²) in [5.41, 5.74) is 0.905. The number of ether oxygens (including phenoxy) is 1. The number of halogens is 3. The van der Waals surface area contributed by atoms with E-state index in [2.05, 4.69) is 25.6 Å². The van der Waals surface area contributed by atoms with Crippen LogP contribution in [0.1, 0.15) is 15.9 Å². The second kappa shape index (κ2) is 7.21. The van der Waals surface area contributed by atoms with E-state index in [1.54, 1.807) is 30.3 Å². The van der Waals surface area contributed by atoms with Gasteiger partial charge in [0.25, 0.3) is 5.91 Å². The Balaban J connectivity index is 1.77. The van der Waals surface area contributed by atoms with Crippen LogP contribution in [-0.4, -0.2) is 32.5 Å². The maximum atomic E-state index is 12.5. The molecule has 0 saturated heterocycles. The van der Waals surface area contributed by atoms with Crippen LogP contribution in [0.25, 0.3) is 5.69 Å². The van der Waals surface area contributed by atoms with Crippen LogP contribution in [0, 0.1) is 0 Å². The fraction of sp³-hybridized carbons (Fsp3) is 0.125. The molecule has 0 radical (unpaired) electrons. The Labute approximate surface area is 145 Å². The molecule has 26 heavy (non-hydrogen) atoms. The molecule has 1 aromatic heterocycles. The van der Waals surface area contributed by atoms with Gasteiger partial charge in [0.15, 0.2) is 0 Å². The molecule has 0 fully saturated rings. The third kappa shape index (κ3) is 4.15. The van der Waals surface area contributed by atoms with E-state index in [-0.39, 0.29) is 23.4 Å². The van der Waals surface area contributed by atoms with Crippen LogP contribution >= 0.6 is 0 Å². The van der Waals surface area contributed by atoms with Gasteiger partial charge in [-0.2, -0.15) is 4.68 Å². The van der Waals surface area contributed by atoms with Gasteiger partial charge >= 0.3 is 6.36 Å². The topological polar surface area (TPSA) is 81.9 Å². The van der Waals surface area contributed by atoms with Crippen molar-refractivity contribution in [2.24, 2.45) is 0 Å². The third-order valence-electron chi connectivity index (χ3n) is 3.38. The Morgan fingerprint density at radius 3 is 2.58 bits per heavy atom. The number of alkyl halides is 3. The van der Waals surface area contributed by atoms with Crippen LogP contribution in [-0.2, 0) is 6.54 Å². The summed E-state index contributed by atoms with van der Waals surface area (Å²) in [4.78, 5) is 12.5. The molecule has 134 valence electrons. The standard InChI is InChI=1S/C16H12F3N5O2/c17-16(18,19)26-14-8-4-1-5-11(14)9-20-15(25)12-6-2-3-7-13(12)24-10-21-22-23-24/h1-8,10H,9H2,(H,20,25).